The Kier molecular flexibility index (Phi) is 5.32. The molecule has 5 nitrogen and oxygen atoms in total. The highest BCUT2D eigenvalue weighted by atomic mass is 16.7. The van der Waals surface area contributed by atoms with E-state index in [1.807, 2.05) is 12.1 Å². The average Bonchev–Trinajstić information content (AvgIpc) is 2.61. The third kappa shape index (κ3) is 4.22. The highest BCUT2D eigenvalue weighted by molar-refractivity contribution is 6.36. The van der Waals surface area contributed by atoms with Crippen molar-refractivity contribution in [2.45, 2.75) is 6.10 Å². The van der Waals surface area contributed by atoms with E-state index >= 15 is 0 Å². The highest BCUT2D eigenvalue weighted by Gasteiger charge is 2.33. The molecule has 2 bridgehead atoms. The third-order valence-electron chi connectivity index (χ3n) is 4.61. The predicted octanol–water partition coefficient (Wildman–Crippen LogP) is 2.56. The molecule has 0 radical (unpaired) electrons. The molecule has 3 aliphatic heterocycles. The molecule has 3 heterocycles. The molecular weight excluding hydrogens is 315 g/mol. The van der Waals surface area contributed by atoms with Crippen LogP contribution < -0.4 is 4.90 Å². The largest absolute Gasteiger partial charge is 0.639 e. The van der Waals surface area contributed by atoms with Gasteiger partial charge in [0.2, 0.25) is 0 Å². The van der Waals surface area contributed by atoms with E-state index in [0.29, 0.717) is 13.2 Å². The van der Waals surface area contributed by atoms with E-state index in [0.717, 1.165) is 37.6 Å². The lowest BCUT2D eigenvalue weighted by molar-refractivity contribution is -0.0160. The Labute approximate surface area is 149 Å². The van der Waals surface area contributed by atoms with Crippen molar-refractivity contribution in [3.63, 3.8) is 0 Å². The van der Waals surface area contributed by atoms with Crippen LogP contribution in [0.5, 0.6) is 0 Å². The summed E-state index contributed by atoms with van der Waals surface area (Å²) in [6.45, 7) is 4.79. The van der Waals surface area contributed by atoms with Gasteiger partial charge in [0, 0.05) is 50.8 Å². The molecule has 6 heteroatoms. The van der Waals surface area contributed by atoms with Crippen LogP contribution in [0, 0.1) is 0 Å². The van der Waals surface area contributed by atoms with E-state index in [-0.39, 0.29) is 6.10 Å². The second kappa shape index (κ2) is 8.02. The van der Waals surface area contributed by atoms with Crippen LogP contribution >= 0.6 is 0 Å². The minimum Gasteiger partial charge on any atom is -0.385 e. The predicted molar refractivity (Wildman–Crippen MR) is 98.9 cm³/mol. The van der Waals surface area contributed by atoms with Crippen LogP contribution in [0.1, 0.15) is 0 Å². The van der Waals surface area contributed by atoms with Gasteiger partial charge in [0.15, 0.2) is 0 Å². The molecule has 2 aromatic carbocycles. The summed E-state index contributed by atoms with van der Waals surface area (Å²) in [6.07, 6.45) is 0.00557. The summed E-state index contributed by atoms with van der Waals surface area (Å²) in [4.78, 5) is 4.65. The monoisotopic (exact) mass is 338 g/mol. The zero-order chi connectivity index (χ0) is 16.9. The smallest absolute Gasteiger partial charge is 0.385 e. The maximum atomic E-state index is 6.11. The van der Waals surface area contributed by atoms with Crippen molar-refractivity contribution in [1.82, 2.24) is 4.90 Å². The first-order valence-electron chi connectivity index (χ1n) is 8.87. The van der Waals surface area contributed by atoms with Crippen molar-refractivity contribution in [2.24, 2.45) is 0 Å². The molecule has 130 valence electrons. The number of benzene rings is 2. The molecule has 3 aliphatic rings. The maximum absolute atomic E-state index is 6.11. The van der Waals surface area contributed by atoms with Gasteiger partial charge in [-0.25, -0.2) is 0 Å². The topological polar surface area (TPSA) is 34.2 Å². The van der Waals surface area contributed by atoms with Crippen molar-refractivity contribution in [1.29, 1.82) is 0 Å². The standard InChI is InChI=1S/C19H23BN2O3/c1-3-7-17(8-4-1)22(18-9-5-2-6-10-18)16-19-15-21-11-13-23-20(25-19)24-14-12-21/h1-10,19H,11-16H2/t19-/m1/s1. The van der Waals surface area contributed by atoms with Gasteiger partial charge >= 0.3 is 7.32 Å². The number of hydrogen-bond acceptors (Lipinski definition) is 5. The van der Waals surface area contributed by atoms with Gasteiger partial charge in [-0.15, -0.1) is 0 Å². The van der Waals surface area contributed by atoms with Crippen molar-refractivity contribution < 1.29 is 14.0 Å². The number of rotatable bonds is 4. The summed E-state index contributed by atoms with van der Waals surface area (Å²) in [6, 6.07) is 20.8. The first kappa shape index (κ1) is 16.6. The Bertz CT molecular complexity index is 595. The van der Waals surface area contributed by atoms with Crippen LogP contribution in [-0.2, 0) is 14.0 Å². The second-order valence-electron chi connectivity index (χ2n) is 6.37. The van der Waals surface area contributed by atoms with Crippen LogP contribution in [0.4, 0.5) is 11.4 Å². The lowest BCUT2D eigenvalue weighted by Gasteiger charge is -2.37. The summed E-state index contributed by atoms with van der Waals surface area (Å²) >= 11 is 0. The van der Waals surface area contributed by atoms with Crippen LogP contribution in [0.2, 0.25) is 0 Å². The summed E-state index contributed by atoms with van der Waals surface area (Å²) in [7, 11) is -0.555. The van der Waals surface area contributed by atoms with Gasteiger partial charge in [0.1, 0.15) is 0 Å². The molecule has 0 saturated carbocycles. The molecule has 0 amide bonds. The number of fused-ring (bicyclic) bond motifs is 6. The Morgan fingerprint density at radius 2 is 1.44 bits per heavy atom. The molecular formula is C19H23BN2O3. The number of hydrogen-bond donors (Lipinski definition) is 0. The highest BCUT2D eigenvalue weighted by Crippen LogP contribution is 2.26. The number of nitrogens with zero attached hydrogens (tertiary/aromatic N) is 2. The second-order valence-corrected chi connectivity index (χ2v) is 6.37. The summed E-state index contributed by atoms with van der Waals surface area (Å²) in [5.41, 5.74) is 2.31. The molecule has 0 unspecified atom stereocenters. The van der Waals surface area contributed by atoms with Gasteiger partial charge in [-0.3, -0.25) is 4.90 Å². The lowest BCUT2D eigenvalue weighted by atomic mass is 10.1. The minimum atomic E-state index is -0.555. The fourth-order valence-electron chi connectivity index (χ4n) is 3.35. The molecule has 0 N–H and O–H groups in total. The zero-order valence-electron chi connectivity index (χ0n) is 14.3. The average molecular weight is 338 g/mol. The Balaban J connectivity index is 1.58. The fourth-order valence-corrected chi connectivity index (χ4v) is 3.35. The number of para-hydroxylation sites is 2. The zero-order valence-corrected chi connectivity index (χ0v) is 14.3. The molecule has 0 spiro atoms. The van der Waals surface area contributed by atoms with E-state index in [2.05, 4.69) is 58.3 Å². The van der Waals surface area contributed by atoms with Crippen LogP contribution in [0.25, 0.3) is 0 Å². The molecule has 2 aromatic rings. The molecule has 3 fully saturated rings. The van der Waals surface area contributed by atoms with Crippen molar-refractivity contribution in [2.75, 3.05) is 44.3 Å². The van der Waals surface area contributed by atoms with Crippen LogP contribution in [-0.4, -0.2) is 57.7 Å². The van der Waals surface area contributed by atoms with E-state index < -0.39 is 7.32 Å². The van der Waals surface area contributed by atoms with Crippen molar-refractivity contribution >= 4 is 18.7 Å². The SMILES string of the molecule is c1ccc(N(C[C@H]2CN3CCOB(OCC3)O2)c2ccccc2)cc1. The first-order valence-corrected chi connectivity index (χ1v) is 8.87. The summed E-state index contributed by atoms with van der Waals surface area (Å²) in [5.74, 6) is 0. The van der Waals surface area contributed by atoms with E-state index in [1.165, 1.54) is 0 Å². The molecule has 0 aliphatic carbocycles. The Morgan fingerprint density at radius 1 is 0.880 bits per heavy atom. The van der Waals surface area contributed by atoms with E-state index in [4.69, 9.17) is 14.0 Å². The third-order valence-corrected chi connectivity index (χ3v) is 4.61. The van der Waals surface area contributed by atoms with Gasteiger partial charge in [0.25, 0.3) is 0 Å². The quantitative estimate of drug-likeness (QED) is 0.801. The van der Waals surface area contributed by atoms with Gasteiger partial charge in [-0.1, -0.05) is 36.4 Å². The van der Waals surface area contributed by atoms with Gasteiger partial charge in [-0.2, -0.15) is 0 Å². The molecule has 1 atom stereocenters. The normalized spacial score (nSPS) is 23.6. The van der Waals surface area contributed by atoms with Gasteiger partial charge < -0.3 is 18.9 Å². The summed E-state index contributed by atoms with van der Waals surface area (Å²) < 4.78 is 17.5. The van der Waals surface area contributed by atoms with E-state index in [9.17, 15) is 0 Å². The van der Waals surface area contributed by atoms with E-state index in [1.54, 1.807) is 0 Å². The van der Waals surface area contributed by atoms with Crippen molar-refractivity contribution in [3.8, 4) is 0 Å². The fraction of sp³-hybridized carbons (Fsp3) is 0.368. The minimum absolute atomic E-state index is 0.00557. The Morgan fingerprint density at radius 3 is 2.00 bits per heavy atom. The van der Waals surface area contributed by atoms with Crippen molar-refractivity contribution in [3.05, 3.63) is 60.7 Å². The Hall–Kier alpha value is -1.86. The number of anilines is 2. The van der Waals surface area contributed by atoms with Gasteiger partial charge in [-0.05, 0) is 24.3 Å². The molecule has 0 aromatic heterocycles. The maximum Gasteiger partial charge on any atom is 0.639 e. The van der Waals surface area contributed by atoms with Crippen LogP contribution in [0.3, 0.4) is 0 Å². The molecule has 3 saturated heterocycles. The lowest BCUT2D eigenvalue weighted by Crippen LogP contribution is -2.52. The van der Waals surface area contributed by atoms with Crippen LogP contribution in [0.15, 0.2) is 60.7 Å². The van der Waals surface area contributed by atoms with Gasteiger partial charge in [0.05, 0.1) is 6.10 Å². The molecule has 25 heavy (non-hydrogen) atoms. The molecule has 5 rings (SSSR count). The summed E-state index contributed by atoms with van der Waals surface area (Å²) in [5, 5.41) is 0. The first-order chi connectivity index (χ1) is 12.4.